The van der Waals surface area contributed by atoms with Crippen LogP contribution in [0, 0.1) is 13.8 Å². The van der Waals surface area contributed by atoms with Crippen LogP contribution in [-0.4, -0.2) is 14.7 Å². The quantitative estimate of drug-likeness (QED) is 0.462. The Labute approximate surface area is 76.7 Å². The number of halogens is 1. The van der Waals surface area contributed by atoms with Gasteiger partial charge in [-0.05, 0) is 29.5 Å². The van der Waals surface area contributed by atoms with Crippen LogP contribution in [0.4, 0.5) is 5.69 Å². The number of nitro groups is 1. The first-order chi connectivity index (χ1) is 5.16. The van der Waals surface area contributed by atoms with Crippen molar-refractivity contribution in [3.8, 4) is 0 Å². The van der Waals surface area contributed by atoms with E-state index in [1.54, 1.807) is 4.68 Å². The van der Waals surface area contributed by atoms with Gasteiger partial charge in [0.15, 0.2) is 3.70 Å². The second kappa shape index (κ2) is 3.16. The van der Waals surface area contributed by atoms with Crippen LogP contribution in [0.5, 0.6) is 0 Å². The van der Waals surface area contributed by atoms with Crippen molar-refractivity contribution >= 4 is 28.3 Å². The third-order valence-corrected chi connectivity index (χ3v) is 2.36. The van der Waals surface area contributed by atoms with Crippen LogP contribution < -0.4 is 0 Å². The molecular formula is C5H6IN3O2. The van der Waals surface area contributed by atoms with E-state index < -0.39 is 4.92 Å². The van der Waals surface area contributed by atoms with Crippen molar-refractivity contribution in [2.24, 2.45) is 0 Å². The summed E-state index contributed by atoms with van der Waals surface area (Å²) in [5.74, 6) is 0. The van der Waals surface area contributed by atoms with Crippen LogP contribution in [0.15, 0.2) is 6.20 Å². The summed E-state index contributed by atoms with van der Waals surface area (Å²) in [6.07, 6.45) is 1.27. The molecule has 5 nitrogen and oxygen atoms in total. The monoisotopic (exact) mass is 267 g/mol. The molecule has 0 bridgehead atoms. The lowest BCUT2D eigenvalue weighted by Gasteiger charge is -1.93. The van der Waals surface area contributed by atoms with E-state index in [0.717, 1.165) is 0 Å². The maximum Gasteiger partial charge on any atom is 0.320 e. The molecule has 0 atom stereocenters. The summed E-state index contributed by atoms with van der Waals surface area (Å²) in [7, 11) is 0. The van der Waals surface area contributed by atoms with Gasteiger partial charge >= 0.3 is 5.69 Å². The molecule has 1 rings (SSSR count). The van der Waals surface area contributed by atoms with Crippen molar-refractivity contribution in [1.29, 1.82) is 0 Å². The Morgan fingerprint density at radius 1 is 1.91 bits per heavy atom. The number of hydrogen-bond donors (Lipinski definition) is 0. The minimum absolute atomic E-state index is 0.0763. The van der Waals surface area contributed by atoms with E-state index in [1.165, 1.54) is 6.20 Å². The van der Waals surface area contributed by atoms with Crippen LogP contribution in [-0.2, 0) is 6.54 Å². The molecule has 0 aliphatic heterocycles. The van der Waals surface area contributed by atoms with Gasteiger partial charge in [0.25, 0.3) is 0 Å². The van der Waals surface area contributed by atoms with E-state index in [-0.39, 0.29) is 5.69 Å². The highest BCUT2D eigenvalue weighted by molar-refractivity contribution is 14.1. The maximum atomic E-state index is 10.3. The lowest BCUT2D eigenvalue weighted by Crippen LogP contribution is -1.99. The largest absolute Gasteiger partial charge is 0.320 e. The van der Waals surface area contributed by atoms with Crippen molar-refractivity contribution in [3.63, 3.8) is 0 Å². The number of nitrogens with zero attached hydrogens (tertiary/aromatic N) is 3. The lowest BCUT2D eigenvalue weighted by molar-refractivity contribution is -0.385. The van der Waals surface area contributed by atoms with Gasteiger partial charge in [0.1, 0.15) is 6.20 Å². The number of aromatic nitrogens is 2. The van der Waals surface area contributed by atoms with Crippen LogP contribution >= 0.6 is 22.6 Å². The molecule has 0 fully saturated rings. The van der Waals surface area contributed by atoms with E-state index in [4.69, 9.17) is 0 Å². The molecule has 1 heterocycles. The molecule has 0 aliphatic rings. The van der Waals surface area contributed by atoms with Crippen molar-refractivity contribution in [2.75, 3.05) is 0 Å². The molecule has 0 aromatic carbocycles. The number of hydrogen-bond acceptors (Lipinski definition) is 3. The summed E-state index contributed by atoms with van der Waals surface area (Å²) in [5.41, 5.74) is 0.0763. The molecule has 0 saturated carbocycles. The topological polar surface area (TPSA) is 61.0 Å². The summed E-state index contributed by atoms with van der Waals surface area (Å²) in [4.78, 5) is 9.87. The Morgan fingerprint density at radius 2 is 2.55 bits per heavy atom. The molecule has 1 aromatic heterocycles. The minimum atomic E-state index is -0.430. The average Bonchev–Trinajstić information content (AvgIpc) is 2.30. The maximum absolute atomic E-state index is 10.3. The van der Waals surface area contributed by atoms with E-state index >= 15 is 0 Å². The van der Waals surface area contributed by atoms with E-state index in [9.17, 15) is 10.1 Å². The Hall–Kier alpha value is -0.660. The van der Waals surface area contributed by atoms with Gasteiger partial charge in [0, 0.05) is 6.54 Å². The Kier molecular flexibility index (Phi) is 2.42. The van der Waals surface area contributed by atoms with Crippen LogP contribution in [0.2, 0.25) is 0 Å². The van der Waals surface area contributed by atoms with Crippen molar-refractivity contribution in [1.82, 2.24) is 9.78 Å². The predicted molar refractivity (Wildman–Crippen MR) is 47.3 cm³/mol. The van der Waals surface area contributed by atoms with Crippen molar-refractivity contribution in [3.05, 3.63) is 20.0 Å². The van der Waals surface area contributed by atoms with Gasteiger partial charge in [0.2, 0.25) is 0 Å². The molecule has 0 N–H and O–H groups in total. The minimum Gasteiger partial charge on any atom is -0.258 e. The summed E-state index contributed by atoms with van der Waals surface area (Å²) < 4.78 is 2.16. The Morgan fingerprint density at radius 3 is 2.82 bits per heavy atom. The molecule has 0 spiro atoms. The predicted octanol–water partition coefficient (Wildman–Crippen LogP) is 1.42. The molecular weight excluding hydrogens is 261 g/mol. The van der Waals surface area contributed by atoms with Crippen LogP contribution in [0.3, 0.4) is 0 Å². The van der Waals surface area contributed by atoms with Crippen LogP contribution in [0.1, 0.15) is 6.92 Å². The fourth-order valence-corrected chi connectivity index (χ4v) is 1.51. The zero-order chi connectivity index (χ0) is 8.43. The first-order valence-corrected chi connectivity index (χ1v) is 4.10. The summed E-state index contributed by atoms with van der Waals surface area (Å²) >= 11 is 1.91. The van der Waals surface area contributed by atoms with Crippen molar-refractivity contribution < 1.29 is 4.92 Å². The standard InChI is InChI=1S/C5H6IN3O2/c1-2-8-5(6)4(3-7-8)9(10)11/h3H,2H2,1H3. The first-order valence-electron chi connectivity index (χ1n) is 3.02. The zero-order valence-electron chi connectivity index (χ0n) is 5.82. The number of aryl methyl sites for hydroxylation is 1. The SMILES string of the molecule is CCn1ncc([N+](=O)[O-])c1I. The molecule has 1 aromatic rings. The van der Waals surface area contributed by atoms with Gasteiger partial charge in [-0.25, -0.2) is 0 Å². The third-order valence-electron chi connectivity index (χ3n) is 1.25. The second-order valence-electron chi connectivity index (χ2n) is 1.89. The summed E-state index contributed by atoms with van der Waals surface area (Å²) in [6.45, 7) is 2.55. The highest BCUT2D eigenvalue weighted by Crippen LogP contribution is 2.18. The molecule has 0 saturated heterocycles. The molecule has 6 heteroatoms. The molecule has 0 unspecified atom stereocenters. The van der Waals surface area contributed by atoms with Gasteiger partial charge in [-0.15, -0.1) is 0 Å². The van der Waals surface area contributed by atoms with Crippen LogP contribution in [0.25, 0.3) is 0 Å². The third kappa shape index (κ3) is 1.50. The smallest absolute Gasteiger partial charge is 0.258 e. The zero-order valence-corrected chi connectivity index (χ0v) is 7.98. The van der Waals surface area contributed by atoms with Gasteiger partial charge < -0.3 is 0 Å². The second-order valence-corrected chi connectivity index (χ2v) is 2.92. The van der Waals surface area contributed by atoms with Gasteiger partial charge in [-0.1, -0.05) is 0 Å². The molecule has 0 amide bonds. The molecule has 11 heavy (non-hydrogen) atoms. The van der Waals surface area contributed by atoms with Gasteiger partial charge in [-0.3, -0.25) is 14.8 Å². The molecule has 60 valence electrons. The Balaban J connectivity index is 3.10. The normalized spacial score (nSPS) is 10.0. The van der Waals surface area contributed by atoms with E-state index in [0.29, 0.717) is 10.2 Å². The lowest BCUT2D eigenvalue weighted by atomic mass is 10.6. The average molecular weight is 267 g/mol. The van der Waals surface area contributed by atoms with Gasteiger partial charge in [-0.2, -0.15) is 5.10 Å². The summed E-state index contributed by atoms with van der Waals surface area (Å²) in [5, 5.41) is 14.1. The fraction of sp³-hybridized carbons (Fsp3) is 0.400. The van der Waals surface area contributed by atoms with E-state index in [2.05, 4.69) is 5.10 Å². The number of rotatable bonds is 2. The Bertz CT molecular complexity index is 283. The highest BCUT2D eigenvalue weighted by Gasteiger charge is 2.16. The van der Waals surface area contributed by atoms with Crippen molar-refractivity contribution in [2.45, 2.75) is 13.5 Å². The first kappa shape index (κ1) is 8.44. The molecule has 0 aliphatic carbocycles. The van der Waals surface area contributed by atoms with E-state index in [1.807, 2.05) is 29.5 Å². The molecule has 0 radical (unpaired) electrons. The van der Waals surface area contributed by atoms with Gasteiger partial charge in [0.05, 0.1) is 4.92 Å². The highest BCUT2D eigenvalue weighted by atomic mass is 127. The summed E-state index contributed by atoms with van der Waals surface area (Å²) in [6, 6.07) is 0. The fourth-order valence-electron chi connectivity index (χ4n) is 0.703.